The first kappa shape index (κ1) is 12.7. The minimum atomic E-state index is -0.394. The second-order valence-electron chi connectivity index (χ2n) is 5.20. The maximum Gasteiger partial charge on any atom is 0.243 e. The van der Waals surface area contributed by atoms with Gasteiger partial charge in [-0.05, 0) is 30.9 Å². The highest BCUT2D eigenvalue weighted by Crippen LogP contribution is 2.20. The van der Waals surface area contributed by atoms with Crippen molar-refractivity contribution in [3.05, 3.63) is 36.0 Å². The minimum absolute atomic E-state index is 0.0524. The number of aromatic nitrogens is 1. The van der Waals surface area contributed by atoms with Crippen molar-refractivity contribution in [3.8, 4) is 0 Å². The molecule has 2 heterocycles. The zero-order valence-corrected chi connectivity index (χ0v) is 11.3. The van der Waals surface area contributed by atoms with E-state index >= 15 is 0 Å². The lowest BCUT2D eigenvalue weighted by Crippen LogP contribution is -2.42. The van der Waals surface area contributed by atoms with Crippen LogP contribution in [0, 0.1) is 0 Å². The molecule has 1 unspecified atom stereocenters. The molecule has 5 nitrogen and oxygen atoms in total. The molecule has 2 atom stereocenters. The first-order valence-corrected chi connectivity index (χ1v) is 6.81. The Bertz CT molecular complexity index is 629. The van der Waals surface area contributed by atoms with Gasteiger partial charge in [-0.3, -0.25) is 9.59 Å². The van der Waals surface area contributed by atoms with Crippen LogP contribution >= 0.6 is 0 Å². The molecule has 0 aliphatic carbocycles. The molecule has 104 valence electrons. The number of carbonyl (C=O) groups excluding carboxylic acids is 2. The quantitative estimate of drug-likeness (QED) is 0.793. The molecule has 2 amide bonds. The fourth-order valence-electron chi connectivity index (χ4n) is 2.53. The molecular formula is C15H17N3O2. The molecule has 1 saturated heterocycles. The lowest BCUT2D eigenvalue weighted by atomic mass is 10.1. The number of H-pyrrole nitrogens is 1. The summed E-state index contributed by atoms with van der Waals surface area (Å²) in [5.74, 6) is -0.176. The van der Waals surface area contributed by atoms with Gasteiger partial charge in [0.25, 0.3) is 0 Å². The van der Waals surface area contributed by atoms with Crippen LogP contribution in [-0.2, 0) is 9.59 Å². The van der Waals surface area contributed by atoms with Crippen molar-refractivity contribution in [3.63, 3.8) is 0 Å². The highest BCUT2D eigenvalue weighted by Gasteiger charge is 2.28. The van der Waals surface area contributed by atoms with E-state index in [-0.39, 0.29) is 17.9 Å². The Morgan fingerprint density at radius 2 is 2.20 bits per heavy atom. The minimum Gasteiger partial charge on any atom is -0.357 e. The number of hydrogen-bond acceptors (Lipinski definition) is 2. The van der Waals surface area contributed by atoms with Gasteiger partial charge in [0.1, 0.15) is 6.04 Å². The average molecular weight is 271 g/mol. The Morgan fingerprint density at radius 1 is 1.40 bits per heavy atom. The molecule has 1 aromatic carbocycles. The van der Waals surface area contributed by atoms with Crippen LogP contribution in [-0.4, -0.2) is 22.8 Å². The van der Waals surface area contributed by atoms with Crippen LogP contribution in [0.2, 0.25) is 0 Å². The van der Waals surface area contributed by atoms with E-state index in [1.165, 1.54) is 0 Å². The number of rotatable bonds is 3. The Kier molecular flexibility index (Phi) is 3.18. The van der Waals surface area contributed by atoms with Gasteiger partial charge in [0, 0.05) is 17.6 Å². The molecule has 0 bridgehead atoms. The van der Waals surface area contributed by atoms with Crippen LogP contribution in [0.3, 0.4) is 0 Å². The van der Waals surface area contributed by atoms with Crippen molar-refractivity contribution < 1.29 is 9.59 Å². The number of benzene rings is 1. The van der Waals surface area contributed by atoms with E-state index in [9.17, 15) is 9.59 Å². The maximum absolute atomic E-state index is 12.1. The monoisotopic (exact) mass is 271 g/mol. The predicted molar refractivity (Wildman–Crippen MR) is 76.0 cm³/mol. The van der Waals surface area contributed by atoms with Crippen LogP contribution in [0.5, 0.6) is 0 Å². The number of nitrogens with one attached hydrogen (secondary N) is 3. The fraction of sp³-hybridized carbons (Fsp3) is 0.333. The summed E-state index contributed by atoms with van der Waals surface area (Å²) in [6, 6.07) is 9.51. The van der Waals surface area contributed by atoms with E-state index in [4.69, 9.17) is 0 Å². The molecule has 0 saturated carbocycles. The first-order chi connectivity index (χ1) is 9.63. The van der Waals surface area contributed by atoms with Crippen molar-refractivity contribution in [1.82, 2.24) is 15.6 Å². The summed E-state index contributed by atoms with van der Waals surface area (Å²) < 4.78 is 0. The zero-order valence-electron chi connectivity index (χ0n) is 11.3. The summed E-state index contributed by atoms with van der Waals surface area (Å²) in [5, 5.41) is 6.73. The zero-order chi connectivity index (χ0) is 14.1. The van der Waals surface area contributed by atoms with Crippen molar-refractivity contribution in [2.75, 3.05) is 0 Å². The number of aromatic amines is 1. The Morgan fingerprint density at radius 3 is 2.90 bits per heavy atom. The van der Waals surface area contributed by atoms with E-state index in [1.807, 2.05) is 37.3 Å². The van der Waals surface area contributed by atoms with E-state index in [1.54, 1.807) is 0 Å². The van der Waals surface area contributed by atoms with Crippen LogP contribution in [0.4, 0.5) is 0 Å². The molecule has 3 rings (SSSR count). The van der Waals surface area contributed by atoms with Gasteiger partial charge in [-0.2, -0.15) is 0 Å². The molecule has 3 N–H and O–H groups in total. The maximum atomic E-state index is 12.1. The van der Waals surface area contributed by atoms with Crippen LogP contribution < -0.4 is 10.6 Å². The smallest absolute Gasteiger partial charge is 0.243 e. The third-order valence-electron chi connectivity index (χ3n) is 3.69. The highest BCUT2D eigenvalue weighted by molar-refractivity contribution is 5.91. The molecule has 5 heteroatoms. The van der Waals surface area contributed by atoms with Gasteiger partial charge in [0.2, 0.25) is 11.8 Å². The van der Waals surface area contributed by atoms with Gasteiger partial charge < -0.3 is 15.6 Å². The predicted octanol–water partition coefficient (Wildman–Crippen LogP) is 1.62. The molecule has 2 aromatic rings. The normalized spacial score (nSPS) is 19.9. The van der Waals surface area contributed by atoms with Gasteiger partial charge in [0.15, 0.2) is 0 Å². The first-order valence-electron chi connectivity index (χ1n) is 6.81. The van der Waals surface area contributed by atoms with Crippen LogP contribution in [0.15, 0.2) is 30.3 Å². The number of para-hydroxylation sites is 1. The summed E-state index contributed by atoms with van der Waals surface area (Å²) in [4.78, 5) is 26.5. The van der Waals surface area contributed by atoms with Gasteiger partial charge in [-0.1, -0.05) is 18.2 Å². The largest absolute Gasteiger partial charge is 0.357 e. The van der Waals surface area contributed by atoms with Gasteiger partial charge in [0.05, 0.1) is 6.04 Å². The van der Waals surface area contributed by atoms with E-state index < -0.39 is 6.04 Å². The number of carbonyl (C=O) groups is 2. The Hall–Kier alpha value is -2.30. The second kappa shape index (κ2) is 5.00. The van der Waals surface area contributed by atoms with Gasteiger partial charge >= 0.3 is 0 Å². The molecule has 1 aliphatic rings. The fourth-order valence-corrected chi connectivity index (χ4v) is 2.53. The van der Waals surface area contributed by atoms with Crippen molar-refractivity contribution in [2.45, 2.75) is 31.8 Å². The summed E-state index contributed by atoms with van der Waals surface area (Å²) in [6.45, 7) is 1.93. The Labute approximate surface area is 116 Å². The van der Waals surface area contributed by atoms with E-state index in [0.717, 1.165) is 16.6 Å². The summed E-state index contributed by atoms with van der Waals surface area (Å²) in [6.07, 6.45) is 1.00. The lowest BCUT2D eigenvalue weighted by molar-refractivity contribution is -0.126. The van der Waals surface area contributed by atoms with Gasteiger partial charge in [-0.25, -0.2) is 0 Å². The molecular weight excluding hydrogens is 254 g/mol. The third-order valence-corrected chi connectivity index (χ3v) is 3.69. The second-order valence-corrected chi connectivity index (χ2v) is 5.20. The van der Waals surface area contributed by atoms with Crippen molar-refractivity contribution in [1.29, 1.82) is 0 Å². The lowest BCUT2D eigenvalue weighted by Gasteiger charge is -2.16. The number of amides is 2. The third kappa shape index (κ3) is 2.39. The standard InChI is InChI=1S/C15H17N3O2/c1-9(16-15(20)12-6-7-14(19)18-12)13-8-10-4-2-3-5-11(10)17-13/h2-5,8-9,12,17H,6-7H2,1H3,(H,16,20)(H,18,19)/t9?,12-/m0/s1. The van der Waals surface area contributed by atoms with E-state index in [0.29, 0.717) is 12.8 Å². The van der Waals surface area contributed by atoms with E-state index in [2.05, 4.69) is 15.6 Å². The average Bonchev–Trinajstić information content (AvgIpc) is 3.04. The molecule has 0 radical (unpaired) electrons. The molecule has 1 aromatic heterocycles. The molecule has 1 fully saturated rings. The van der Waals surface area contributed by atoms with Crippen molar-refractivity contribution in [2.24, 2.45) is 0 Å². The summed E-state index contributed by atoms with van der Waals surface area (Å²) in [7, 11) is 0. The van der Waals surface area contributed by atoms with Crippen LogP contribution in [0.1, 0.15) is 31.5 Å². The van der Waals surface area contributed by atoms with Crippen LogP contribution in [0.25, 0.3) is 10.9 Å². The topological polar surface area (TPSA) is 74.0 Å². The highest BCUT2D eigenvalue weighted by atomic mass is 16.2. The molecule has 0 spiro atoms. The number of hydrogen-bond donors (Lipinski definition) is 3. The van der Waals surface area contributed by atoms with Crippen molar-refractivity contribution >= 4 is 22.7 Å². The van der Waals surface area contributed by atoms with Gasteiger partial charge in [-0.15, -0.1) is 0 Å². The molecule has 20 heavy (non-hydrogen) atoms. The molecule has 1 aliphatic heterocycles. The summed E-state index contributed by atoms with van der Waals surface area (Å²) in [5.41, 5.74) is 2.02. The number of fused-ring (bicyclic) bond motifs is 1. The SMILES string of the molecule is CC(NC(=O)[C@@H]1CCC(=O)N1)c1cc2ccccc2[nH]1. The summed E-state index contributed by atoms with van der Waals surface area (Å²) >= 11 is 0. The Balaban J connectivity index is 1.70.